The quantitative estimate of drug-likeness (QED) is 0.569. The van der Waals surface area contributed by atoms with Crippen molar-refractivity contribution < 1.29 is 22.7 Å². The molecule has 1 unspecified atom stereocenters. The Balaban J connectivity index is 2.41. The molecule has 32 heavy (non-hydrogen) atoms. The zero-order valence-corrected chi connectivity index (χ0v) is 20.5. The van der Waals surface area contributed by atoms with Crippen LogP contribution >= 0.6 is 23.2 Å². The largest absolute Gasteiger partial charge is 0.497 e. The lowest BCUT2D eigenvalue weighted by Crippen LogP contribution is -2.50. The summed E-state index contributed by atoms with van der Waals surface area (Å²) in [5, 5.41) is 2.90. The smallest absolute Gasteiger partial charge is 0.244 e. The third kappa shape index (κ3) is 6.51. The number of sulfonamides is 1. The van der Waals surface area contributed by atoms with Crippen LogP contribution in [0.2, 0.25) is 10.0 Å². The molecule has 11 heteroatoms. The van der Waals surface area contributed by atoms with Crippen LogP contribution in [0.5, 0.6) is 5.75 Å². The van der Waals surface area contributed by atoms with Gasteiger partial charge in [-0.2, -0.15) is 0 Å². The number of halogens is 2. The maximum atomic E-state index is 13.3. The number of likely N-dealkylation sites (N-methyl/N-ethyl adjacent to an activating group) is 1. The Labute approximate surface area is 198 Å². The van der Waals surface area contributed by atoms with E-state index in [-0.39, 0.29) is 22.3 Å². The number of rotatable bonds is 9. The molecule has 0 aromatic heterocycles. The second kappa shape index (κ2) is 10.9. The van der Waals surface area contributed by atoms with E-state index in [1.165, 1.54) is 30.1 Å². The first-order valence-electron chi connectivity index (χ1n) is 9.54. The number of hydrogen-bond donors (Lipinski definition) is 1. The number of benzene rings is 2. The van der Waals surface area contributed by atoms with E-state index in [2.05, 4.69) is 5.32 Å². The monoisotopic (exact) mass is 501 g/mol. The number of hydrogen-bond acceptors (Lipinski definition) is 5. The predicted octanol–water partition coefficient (Wildman–Crippen LogP) is 2.93. The summed E-state index contributed by atoms with van der Waals surface area (Å²) in [4.78, 5) is 26.9. The Bertz CT molecular complexity index is 1080. The fraction of sp³-hybridized carbons (Fsp3) is 0.333. The summed E-state index contributed by atoms with van der Waals surface area (Å²) in [6, 6.07) is 10.5. The summed E-state index contributed by atoms with van der Waals surface area (Å²) >= 11 is 12.2. The molecule has 0 saturated carbocycles. The minimum atomic E-state index is -3.89. The van der Waals surface area contributed by atoms with Gasteiger partial charge in [-0.25, -0.2) is 8.42 Å². The Morgan fingerprint density at radius 3 is 2.28 bits per heavy atom. The molecule has 2 rings (SSSR count). The van der Waals surface area contributed by atoms with E-state index in [4.69, 9.17) is 27.9 Å². The van der Waals surface area contributed by atoms with E-state index in [0.29, 0.717) is 5.75 Å². The van der Waals surface area contributed by atoms with Gasteiger partial charge in [0, 0.05) is 18.6 Å². The molecule has 174 valence electrons. The molecule has 8 nitrogen and oxygen atoms in total. The molecule has 0 spiro atoms. The standard InChI is InChI=1S/C21H25Cl2N3O5S/c1-14(21(28)24-2)25(12-15-5-8-17(31-3)9-6-15)20(27)13-26(32(4,29)30)19-11-16(22)7-10-18(19)23/h5-11,14H,12-13H2,1-4H3,(H,24,28). The fourth-order valence-electron chi connectivity index (χ4n) is 2.99. The summed E-state index contributed by atoms with van der Waals surface area (Å²) in [6.45, 7) is 1.09. The van der Waals surface area contributed by atoms with Gasteiger partial charge in [0.1, 0.15) is 18.3 Å². The molecule has 0 aliphatic carbocycles. The minimum absolute atomic E-state index is 0.0759. The molecule has 1 atom stereocenters. The summed E-state index contributed by atoms with van der Waals surface area (Å²) in [6.07, 6.45) is 0.966. The van der Waals surface area contributed by atoms with Gasteiger partial charge in [0.25, 0.3) is 0 Å². The van der Waals surface area contributed by atoms with Gasteiger partial charge in [-0.05, 0) is 42.8 Å². The molecule has 0 radical (unpaired) electrons. The van der Waals surface area contributed by atoms with E-state index in [1.54, 1.807) is 38.3 Å². The van der Waals surface area contributed by atoms with Crippen LogP contribution in [0.25, 0.3) is 0 Å². The zero-order chi connectivity index (χ0) is 24.1. The summed E-state index contributed by atoms with van der Waals surface area (Å²) in [7, 11) is -0.891. The topological polar surface area (TPSA) is 96.0 Å². The first kappa shape index (κ1) is 25.8. The van der Waals surface area contributed by atoms with Crippen LogP contribution in [0.3, 0.4) is 0 Å². The van der Waals surface area contributed by atoms with Crippen LogP contribution in [0, 0.1) is 0 Å². The molecular weight excluding hydrogens is 477 g/mol. The molecular formula is C21H25Cl2N3O5S. The SMILES string of the molecule is CNC(=O)C(C)N(Cc1ccc(OC)cc1)C(=O)CN(c1cc(Cl)ccc1Cl)S(C)(=O)=O. The Hall–Kier alpha value is -2.49. The van der Waals surface area contributed by atoms with Crippen LogP contribution < -0.4 is 14.4 Å². The molecule has 0 aliphatic rings. The van der Waals surface area contributed by atoms with Gasteiger partial charge in [0.2, 0.25) is 21.8 Å². The van der Waals surface area contributed by atoms with Crippen molar-refractivity contribution >= 4 is 50.7 Å². The molecule has 0 aliphatic heterocycles. The van der Waals surface area contributed by atoms with Crippen molar-refractivity contribution in [3.05, 3.63) is 58.1 Å². The minimum Gasteiger partial charge on any atom is -0.497 e. The first-order valence-corrected chi connectivity index (χ1v) is 12.1. The number of carbonyl (C=O) groups excluding carboxylic acids is 2. The van der Waals surface area contributed by atoms with Gasteiger partial charge in [-0.15, -0.1) is 0 Å². The summed E-state index contributed by atoms with van der Waals surface area (Å²) in [5.74, 6) is -0.332. The van der Waals surface area contributed by atoms with Crippen LogP contribution in [-0.4, -0.2) is 58.1 Å². The Morgan fingerprint density at radius 2 is 1.75 bits per heavy atom. The maximum absolute atomic E-state index is 13.3. The number of nitrogens with zero attached hydrogens (tertiary/aromatic N) is 2. The molecule has 0 bridgehead atoms. The van der Waals surface area contributed by atoms with Crippen molar-refractivity contribution in [2.45, 2.75) is 19.5 Å². The van der Waals surface area contributed by atoms with E-state index in [0.717, 1.165) is 16.1 Å². The second-order valence-electron chi connectivity index (χ2n) is 7.03. The van der Waals surface area contributed by atoms with Crippen LogP contribution in [-0.2, 0) is 26.2 Å². The Morgan fingerprint density at radius 1 is 1.12 bits per heavy atom. The summed E-state index contributed by atoms with van der Waals surface area (Å²) < 4.78 is 31.0. The van der Waals surface area contributed by atoms with E-state index in [1.807, 2.05) is 0 Å². The lowest BCUT2D eigenvalue weighted by molar-refractivity contribution is -0.139. The highest BCUT2D eigenvalue weighted by molar-refractivity contribution is 7.92. The van der Waals surface area contributed by atoms with Gasteiger partial charge < -0.3 is 15.0 Å². The van der Waals surface area contributed by atoms with Gasteiger partial charge in [0.05, 0.1) is 24.1 Å². The molecule has 0 heterocycles. The molecule has 0 fully saturated rings. The number of amides is 2. The number of anilines is 1. The predicted molar refractivity (Wildman–Crippen MR) is 126 cm³/mol. The number of ether oxygens (including phenoxy) is 1. The van der Waals surface area contributed by atoms with Crippen molar-refractivity contribution in [1.29, 1.82) is 0 Å². The average Bonchev–Trinajstić information content (AvgIpc) is 2.76. The van der Waals surface area contributed by atoms with Gasteiger partial charge >= 0.3 is 0 Å². The van der Waals surface area contributed by atoms with Crippen molar-refractivity contribution in [1.82, 2.24) is 10.2 Å². The van der Waals surface area contributed by atoms with Gasteiger partial charge in [0.15, 0.2) is 0 Å². The number of carbonyl (C=O) groups is 2. The zero-order valence-electron chi connectivity index (χ0n) is 18.1. The summed E-state index contributed by atoms with van der Waals surface area (Å²) in [5.41, 5.74) is 0.814. The van der Waals surface area contributed by atoms with Crippen molar-refractivity contribution in [2.75, 3.05) is 31.3 Å². The first-order chi connectivity index (χ1) is 15.0. The maximum Gasteiger partial charge on any atom is 0.244 e. The lowest BCUT2D eigenvalue weighted by atomic mass is 10.1. The highest BCUT2D eigenvalue weighted by atomic mass is 35.5. The molecule has 1 N–H and O–H groups in total. The number of methoxy groups -OCH3 is 1. The Kier molecular flexibility index (Phi) is 8.77. The van der Waals surface area contributed by atoms with Crippen molar-refractivity contribution in [3.8, 4) is 5.75 Å². The van der Waals surface area contributed by atoms with Gasteiger partial charge in [-0.3, -0.25) is 13.9 Å². The molecule has 2 aromatic carbocycles. The van der Waals surface area contributed by atoms with Crippen LogP contribution in [0.1, 0.15) is 12.5 Å². The lowest BCUT2D eigenvalue weighted by Gasteiger charge is -2.31. The number of nitrogens with one attached hydrogen (secondary N) is 1. The molecule has 2 amide bonds. The van der Waals surface area contributed by atoms with E-state index < -0.39 is 34.4 Å². The van der Waals surface area contributed by atoms with E-state index >= 15 is 0 Å². The van der Waals surface area contributed by atoms with Crippen LogP contribution in [0.15, 0.2) is 42.5 Å². The highest BCUT2D eigenvalue weighted by Crippen LogP contribution is 2.31. The fourth-order valence-corrected chi connectivity index (χ4v) is 4.28. The normalized spacial score (nSPS) is 12.1. The van der Waals surface area contributed by atoms with Gasteiger partial charge in [-0.1, -0.05) is 35.3 Å². The molecule has 2 aromatic rings. The van der Waals surface area contributed by atoms with E-state index in [9.17, 15) is 18.0 Å². The third-order valence-corrected chi connectivity index (χ3v) is 6.46. The second-order valence-corrected chi connectivity index (χ2v) is 9.78. The average molecular weight is 502 g/mol. The highest BCUT2D eigenvalue weighted by Gasteiger charge is 2.30. The third-order valence-electron chi connectivity index (χ3n) is 4.78. The van der Waals surface area contributed by atoms with Crippen LogP contribution in [0.4, 0.5) is 5.69 Å². The van der Waals surface area contributed by atoms with Crippen molar-refractivity contribution in [3.63, 3.8) is 0 Å². The molecule has 0 saturated heterocycles. The van der Waals surface area contributed by atoms with Crippen molar-refractivity contribution in [2.24, 2.45) is 0 Å².